The van der Waals surface area contributed by atoms with Crippen LogP contribution in [0.25, 0.3) is 0 Å². The molecule has 1 atom stereocenters. The van der Waals surface area contributed by atoms with Crippen molar-refractivity contribution in [1.29, 1.82) is 0 Å². The van der Waals surface area contributed by atoms with Gasteiger partial charge >= 0.3 is 208 Å². The van der Waals surface area contributed by atoms with E-state index in [4.69, 9.17) is 0 Å². The number of rotatable bonds is 7. The van der Waals surface area contributed by atoms with E-state index in [1.54, 1.807) is 11.1 Å². The molecule has 2 aliphatic rings. The van der Waals surface area contributed by atoms with Crippen molar-refractivity contribution in [1.82, 2.24) is 0 Å². The van der Waals surface area contributed by atoms with Crippen molar-refractivity contribution < 1.29 is 0 Å². The summed E-state index contributed by atoms with van der Waals surface area (Å²) in [4.78, 5) is 0. The summed E-state index contributed by atoms with van der Waals surface area (Å²) in [5.74, 6) is 0. The van der Waals surface area contributed by atoms with Crippen LogP contribution in [-0.2, 0) is 0 Å². The Bertz CT molecular complexity index is 1070. The molecule has 1 unspecified atom stereocenters. The molecule has 1 heteroatoms. The zero-order chi connectivity index (χ0) is 24.0. The Balaban J connectivity index is 1.73. The van der Waals surface area contributed by atoms with Gasteiger partial charge in [-0.05, 0) is 0 Å². The van der Waals surface area contributed by atoms with Gasteiger partial charge in [-0.1, -0.05) is 0 Å². The first kappa shape index (κ1) is 24.7. The molecule has 0 radical (unpaired) electrons. The van der Waals surface area contributed by atoms with Crippen LogP contribution < -0.4 is 10.6 Å². The molecule has 34 heavy (non-hydrogen) atoms. The molecule has 0 aromatic heterocycles. The van der Waals surface area contributed by atoms with Crippen LogP contribution in [0, 0.1) is 5.41 Å². The minimum atomic E-state index is -2.08. The van der Waals surface area contributed by atoms with E-state index in [-0.39, 0.29) is 5.41 Å². The van der Waals surface area contributed by atoms with Crippen molar-refractivity contribution in [3.8, 4) is 0 Å². The second kappa shape index (κ2) is 10.9. The first-order chi connectivity index (χ1) is 16.4. The van der Waals surface area contributed by atoms with E-state index in [1.165, 1.54) is 35.4 Å². The first-order valence-electron chi connectivity index (χ1n) is 12.9. The van der Waals surface area contributed by atoms with Crippen LogP contribution in [0.3, 0.4) is 0 Å². The normalized spacial score (nSPS) is 21.3. The van der Waals surface area contributed by atoms with Crippen LogP contribution in [0.5, 0.6) is 0 Å². The van der Waals surface area contributed by atoms with Gasteiger partial charge in [0, 0.05) is 0 Å². The molecule has 2 aromatic rings. The molecule has 0 amide bonds. The number of hydrogen-bond acceptors (Lipinski definition) is 0. The van der Waals surface area contributed by atoms with Gasteiger partial charge in [-0.3, -0.25) is 0 Å². The Morgan fingerprint density at radius 2 is 1.62 bits per heavy atom. The molecule has 0 heterocycles. The van der Waals surface area contributed by atoms with E-state index >= 15 is 0 Å². The van der Waals surface area contributed by atoms with Gasteiger partial charge in [-0.15, -0.1) is 0 Å². The molecule has 2 aromatic carbocycles. The molecule has 4 rings (SSSR count). The molecule has 0 aliphatic heterocycles. The second-order valence-corrected chi connectivity index (χ2v) is 15.0. The van der Waals surface area contributed by atoms with E-state index in [9.17, 15) is 0 Å². The molecule has 0 N–H and O–H groups in total. The number of benzene rings is 2. The first-order valence-corrected chi connectivity index (χ1v) is 15.2. The van der Waals surface area contributed by atoms with Gasteiger partial charge in [0.05, 0.1) is 0 Å². The Hall–Kier alpha value is -2.43. The van der Waals surface area contributed by atoms with Crippen molar-refractivity contribution in [2.24, 2.45) is 5.41 Å². The predicted octanol–water partition coefficient (Wildman–Crippen LogP) is 8.30. The minimum absolute atomic E-state index is 0.283. The quantitative estimate of drug-likeness (QED) is 0.283. The van der Waals surface area contributed by atoms with Gasteiger partial charge in [0.2, 0.25) is 0 Å². The van der Waals surface area contributed by atoms with E-state index in [1.807, 2.05) is 0 Å². The van der Waals surface area contributed by atoms with Crippen LogP contribution >= 0.6 is 7.26 Å². The molecule has 178 valence electrons. The Kier molecular flexibility index (Phi) is 7.90. The summed E-state index contributed by atoms with van der Waals surface area (Å²) in [6, 6.07) is 22.7. The summed E-state index contributed by atoms with van der Waals surface area (Å²) in [5.41, 5.74) is 5.32. The van der Waals surface area contributed by atoms with Crippen molar-refractivity contribution >= 4 is 17.9 Å². The van der Waals surface area contributed by atoms with Crippen LogP contribution in [0.2, 0.25) is 0 Å². The van der Waals surface area contributed by atoms with Gasteiger partial charge in [0.15, 0.2) is 0 Å². The molecular weight excluding hydrogens is 427 g/mol. The van der Waals surface area contributed by atoms with E-state index < -0.39 is 7.26 Å². The van der Waals surface area contributed by atoms with Gasteiger partial charge in [-0.2, -0.15) is 0 Å². The molecule has 0 nitrogen and oxygen atoms in total. The summed E-state index contributed by atoms with van der Waals surface area (Å²) in [7, 11) is -2.08. The van der Waals surface area contributed by atoms with E-state index in [0.717, 1.165) is 12.6 Å². The fourth-order valence-electron chi connectivity index (χ4n) is 6.01. The molecule has 2 aliphatic carbocycles. The third kappa shape index (κ3) is 5.29. The van der Waals surface area contributed by atoms with Gasteiger partial charge in [-0.25, -0.2) is 0 Å². The summed E-state index contributed by atoms with van der Waals surface area (Å²) in [6.07, 6.45) is 22.7. The fourth-order valence-corrected chi connectivity index (χ4v) is 11.2. The van der Waals surface area contributed by atoms with Crippen molar-refractivity contribution in [2.75, 3.05) is 6.16 Å². The molecule has 0 saturated carbocycles. The fraction of sp³-hybridized carbons (Fsp3) is 0.333. The molecular formula is C33H41P. The Labute approximate surface area is 208 Å². The average Bonchev–Trinajstić information content (AvgIpc) is 2.86. The van der Waals surface area contributed by atoms with Crippen molar-refractivity contribution in [3.63, 3.8) is 0 Å². The van der Waals surface area contributed by atoms with Gasteiger partial charge < -0.3 is 0 Å². The van der Waals surface area contributed by atoms with Crippen LogP contribution in [0.15, 0.2) is 120 Å². The van der Waals surface area contributed by atoms with Gasteiger partial charge in [0.25, 0.3) is 0 Å². The SMILES string of the molecule is CC1=C(/C=C/C(C)=C/C[PH](c2ccccc2)(c2ccccc2)C2C=CC=CC2)C(C)(C)CCC1. The maximum absolute atomic E-state index is 2.53. The third-order valence-electron chi connectivity index (χ3n) is 7.99. The second-order valence-electron chi connectivity index (χ2n) is 10.8. The van der Waals surface area contributed by atoms with Gasteiger partial charge in [0.1, 0.15) is 0 Å². The Morgan fingerprint density at radius 1 is 0.971 bits per heavy atom. The average molecular weight is 469 g/mol. The topological polar surface area (TPSA) is 0 Å². The third-order valence-corrected chi connectivity index (χ3v) is 13.3. The van der Waals surface area contributed by atoms with E-state index in [0.29, 0.717) is 5.66 Å². The predicted molar refractivity (Wildman–Crippen MR) is 155 cm³/mol. The van der Waals surface area contributed by atoms with E-state index in [2.05, 4.69) is 131 Å². The number of allylic oxidation sites excluding steroid dienone is 10. The van der Waals surface area contributed by atoms with Crippen LogP contribution in [0.4, 0.5) is 0 Å². The summed E-state index contributed by atoms with van der Waals surface area (Å²) in [5, 5.41) is 3.07. The van der Waals surface area contributed by atoms with Crippen molar-refractivity contribution in [3.05, 3.63) is 120 Å². The number of hydrogen-bond donors (Lipinski definition) is 0. The summed E-state index contributed by atoms with van der Waals surface area (Å²) >= 11 is 0. The zero-order valence-electron chi connectivity index (χ0n) is 21.4. The standard InChI is InChI=1S/C33H41P/c1-27(22-23-32-28(2)15-14-25-33(32,3)4)24-26-34(29-16-8-5-9-17-29,30-18-10-6-11-19-30)31-20-12-7-13-21-31/h5-13,16-20,22-24,31,34H,14-15,21,25-26H2,1-4H3/b23-22+,27-24+. The zero-order valence-corrected chi connectivity index (χ0v) is 22.4. The molecule has 0 bridgehead atoms. The summed E-state index contributed by atoms with van der Waals surface area (Å²) < 4.78 is 0. The van der Waals surface area contributed by atoms with Crippen LogP contribution in [-0.4, -0.2) is 11.8 Å². The monoisotopic (exact) mass is 468 g/mol. The van der Waals surface area contributed by atoms with Crippen molar-refractivity contribution in [2.45, 2.75) is 59.0 Å². The Morgan fingerprint density at radius 3 is 2.18 bits per heavy atom. The maximum atomic E-state index is 2.53. The summed E-state index contributed by atoms with van der Waals surface area (Å²) in [6.45, 7) is 9.42. The molecule has 0 spiro atoms. The van der Waals surface area contributed by atoms with Crippen LogP contribution in [0.1, 0.15) is 53.4 Å². The molecule has 0 fully saturated rings. The molecule has 0 saturated heterocycles.